The van der Waals surface area contributed by atoms with Crippen LogP contribution < -0.4 is 4.90 Å². The summed E-state index contributed by atoms with van der Waals surface area (Å²) in [6, 6.07) is -0.152. The molecule has 1 amide bonds. The van der Waals surface area contributed by atoms with Gasteiger partial charge in [0.05, 0.1) is 6.61 Å². The highest BCUT2D eigenvalue weighted by Gasteiger charge is 2.40. The van der Waals surface area contributed by atoms with E-state index in [1.54, 1.807) is 6.92 Å². The summed E-state index contributed by atoms with van der Waals surface area (Å²) in [4.78, 5) is 28.0. The van der Waals surface area contributed by atoms with Crippen molar-refractivity contribution in [2.75, 3.05) is 18.1 Å². The van der Waals surface area contributed by atoms with Crippen LogP contribution in [0.25, 0.3) is 0 Å². The van der Waals surface area contributed by atoms with Gasteiger partial charge in [-0.3, -0.25) is 9.69 Å². The maximum Gasteiger partial charge on any atom is 0.360 e. The summed E-state index contributed by atoms with van der Waals surface area (Å²) in [7, 11) is 1.38. The lowest BCUT2D eigenvalue weighted by atomic mass is 10.4. The lowest BCUT2D eigenvalue weighted by molar-refractivity contribution is -0.117. The van der Waals surface area contributed by atoms with Crippen molar-refractivity contribution >= 4 is 37.6 Å². The first-order valence-corrected chi connectivity index (χ1v) is 8.06. The third kappa shape index (κ3) is 2.93. The second kappa shape index (κ2) is 5.41. The molecule has 1 aliphatic rings. The minimum atomic E-state index is -3.85. The monoisotopic (exact) mass is 322 g/mol. The van der Waals surface area contributed by atoms with Crippen molar-refractivity contribution in [3.63, 3.8) is 0 Å². The average Bonchev–Trinajstić information content (AvgIpc) is 2.94. The van der Waals surface area contributed by atoms with E-state index in [9.17, 15) is 18.0 Å². The zero-order valence-electron chi connectivity index (χ0n) is 10.4. The van der Waals surface area contributed by atoms with E-state index in [-0.39, 0.29) is 31.3 Å². The second-order valence-corrected chi connectivity index (χ2v) is 6.95. The molecule has 0 spiro atoms. The summed E-state index contributed by atoms with van der Waals surface area (Å²) in [5, 5.41) is -1.02. The fraction of sp³-hybridized carbons (Fsp3) is 0.500. The Morgan fingerprint density at radius 3 is 2.90 bits per heavy atom. The summed E-state index contributed by atoms with van der Waals surface area (Å²) in [6.45, 7) is 1.66. The highest BCUT2D eigenvalue weighted by Crippen LogP contribution is 2.26. The van der Waals surface area contributed by atoms with Gasteiger partial charge in [-0.25, -0.2) is 13.2 Å². The normalized spacial score (nSPS) is 19.4. The molecule has 1 fully saturated rings. The Bertz CT molecular complexity index is 640. The molecular formula is C10H11ClN2O6S. The van der Waals surface area contributed by atoms with Gasteiger partial charge in [-0.2, -0.15) is 4.98 Å². The number of esters is 1. The van der Waals surface area contributed by atoms with Gasteiger partial charge >= 0.3 is 12.0 Å². The zero-order valence-corrected chi connectivity index (χ0v) is 12.0. The predicted octanol–water partition coefficient (Wildman–Crippen LogP) is 0.525. The number of hydrogen-bond donors (Lipinski definition) is 0. The molecule has 20 heavy (non-hydrogen) atoms. The first-order chi connectivity index (χ1) is 9.32. The van der Waals surface area contributed by atoms with Gasteiger partial charge in [0.15, 0.2) is 5.69 Å². The molecular weight excluding hydrogens is 312 g/mol. The number of ether oxygens (including phenoxy) is 1. The van der Waals surface area contributed by atoms with Gasteiger partial charge in [0, 0.05) is 23.6 Å². The maximum absolute atomic E-state index is 11.7. The molecule has 1 unspecified atom stereocenters. The van der Waals surface area contributed by atoms with Gasteiger partial charge in [0.25, 0.3) is 0 Å². The van der Waals surface area contributed by atoms with Gasteiger partial charge in [-0.1, -0.05) is 0 Å². The predicted molar refractivity (Wildman–Crippen MR) is 68.0 cm³/mol. The number of halogens is 1. The molecule has 1 saturated heterocycles. The standard InChI is InChI=1S/C10H11ClN2O6S/c1-2-18-9(15)7-5-19-10(12-7)13-4-6(3-8(13)14)20(11,16)17/h5-6H,2-4H2,1H3. The molecule has 8 nitrogen and oxygen atoms in total. The lowest BCUT2D eigenvalue weighted by Crippen LogP contribution is -2.27. The van der Waals surface area contributed by atoms with E-state index >= 15 is 0 Å². The average molecular weight is 323 g/mol. The third-order valence-corrected chi connectivity index (χ3v) is 4.56. The van der Waals surface area contributed by atoms with Crippen LogP contribution in [0.5, 0.6) is 0 Å². The Balaban J connectivity index is 2.17. The largest absolute Gasteiger partial charge is 0.461 e. The number of carbonyl (C=O) groups excluding carboxylic acids is 2. The summed E-state index contributed by atoms with van der Waals surface area (Å²) in [5.41, 5.74) is -0.0909. The van der Waals surface area contributed by atoms with E-state index in [1.807, 2.05) is 0 Å². The van der Waals surface area contributed by atoms with Crippen molar-refractivity contribution in [2.45, 2.75) is 18.6 Å². The first-order valence-electron chi connectivity index (χ1n) is 5.69. The van der Waals surface area contributed by atoms with E-state index in [2.05, 4.69) is 4.98 Å². The van der Waals surface area contributed by atoms with E-state index in [0.717, 1.165) is 11.2 Å². The number of amides is 1. The number of oxazole rings is 1. The molecule has 1 aliphatic heterocycles. The Morgan fingerprint density at radius 1 is 1.65 bits per heavy atom. The zero-order chi connectivity index (χ0) is 14.9. The number of nitrogens with zero attached hydrogens (tertiary/aromatic N) is 2. The Hall–Kier alpha value is -1.61. The molecule has 2 heterocycles. The van der Waals surface area contributed by atoms with Crippen molar-refractivity contribution in [1.29, 1.82) is 0 Å². The van der Waals surface area contributed by atoms with E-state index in [0.29, 0.717) is 0 Å². The minimum absolute atomic E-state index is 0.0909. The number of carbonyl (C=O) groups is 2. The summed E-state index contributed by atoms with van der Waals surface area (Å²) >= 11 is 0. The number of hydrogen-bond acceptors (Lipinski definition) is 7. The highest BCUT2D eigenvalue weighted by molar-refractivity contribution is 8.14. The molecule has 2 rings (SSSR count). The number of aromatic nitrogens is 1. The van der Waals surface area contributed by atoms with Crippen LogP contribution in [0.4, 0.5) is 6.01 Å². The summed E-state index contributed by atoms with van der Waals surface area (Å²) < 4.78 is 32.2. The third-order valence-electron chi connectivity index (χ3n) is 2.70. The van der Waals surface area contributed by atoms with E-state index in [1.165, 1.54) is 0 Å². The van der Waals surface area contributed by atoms with Crippen LogP contribution in [0.2, 0.25) is 0 Å². The molecule has 0 aliphatic carbocycles. The number of anilines is 1. The molecule has 1 atom stereocenters. The topological polar surface area (TPSA) is 107 Å². The van der Waals surface area contributed by atoms with E-state index in [4.69, 9.17) is 19.8 Å². The maximum atomic E-state index is 11.7. The fourth-order valence-corrected chi connectivity index (χ4v) is 2.76. The molecule has 0 bridgehead atoms. The van der Waals surface area contributed by atoms with Crippen LogP contribution in [0.1, 0.15) is 23.8 Å². The van der Waals surface area contributed by atoms with Crippen molar-refractivity contribution in [2.24, 2.45) is 0 Å². The second-order valence-electron chi connectivity index (χ2n) is 4.04. The molecule has 0 aromatic carbocycles. The molecule has 10 heteroatoms. The van der Waals surface area contributed by atoms with Crippen LogP contribution in [0, 0.1) is 0 Å². The van der Waals surface area contributed by atoms with Crippen molar-refractivity contribution < 1.29 is 27.2 Å². The Labute approximate surface area is 119 Å². The van der Waals surface area contributed by atoms with Crippen LogP contribution in [-0.2, 0) is 18.6 Å². The van der Waals surface area contributed by atoms with Crippen molar-refractivity contribution in [1.82, 2.24) is 4.98 Å². The van der Waals surface area contributed by atoms with E-state index < -0.39 is 26.2 Å². The summed E-state index contributed by atoms with van der Waals surface area (Å²) in [6.07, 6.45) is 0.798. The lowest BCUT2D eigenvalue weighted by Gasteiger charge is -2.09. The SMILES string of the molecule is CCOC(=O)c1coc(N2CC(S(=O)(=O)Cl)CC2=O)n1. The van der Waals surface area contributed by atoms with Gasteiger partial charge in [0.2, 0.25) is 15.0 Å². The molecule has 1 aromatic heterocycles. The van der Waals surface area contributed by atoms with Gasteiger partial charge < -0.3 is 9.15 Å². The quantitative estimate of drug-likeness (QED) is 0.587. The van der Waals surface area contributed by atoms with Crippen LogP contribution in [0.15, 0.2) is 10.7 Å². The molecule has 0 N–H and O–H groups in total. The van der Waals surface area contributed by atoms with Crippen LogP contribution in [-0.4, -0.2) is 43.7 Å². The smallest absolute Gasteiger partial charge is 0.360 e. The molecule has 0 radical (unpaired) electrons. The molecule has 0 saturated carbocycles. The van der Waals surface area contributed by atoms with Gasteiger partial charge in [-0.15, -0.1) is 0 Å². The van der Waals surface area contributed by atoms with Crippen molar-refractivity contribution in [3.8, 4) is 0 Å². The Kier molecular flexibility index (Phi) is 4.00. The Morgan fingerprint density at radius 2 is 2.35 bits per heavy atom. The van der Waals surface area contributed by atoms with Gasteiger partial charge in [-0.05, 0) is 6.92 Å². The fourth-order valence-electron chi connectivity index (χ4n) is 1.74. The molecule has 1 aromatic rings. The summed E-state index contributed by atoms with van der Waals surface area (Å²) in [5.74, 6) is -1.17. The van der Waals surface area contributed by atoms with Crippen molar-refractivity contribution in [3.05, 3.63) is 12.0 Å². The molecule has 110 valence electrons. The van der Waals surface area contributed by atoms with Gasteiger partial charge in [0.1, 0.15) is 11.5 Å². The minimum Gasteiger partial charge on any atom is -0.461 e. The highest BCUT2D eigenvalue weighted by atomic mass is 35.7. The van der Waals surface area contributed by atoms with Crippen LogP contribution in [0.3, 0.4) is 0 Å². The number of rotatable bonds is 4. The van der Waals surface area contributed by atoms with Crippen LogP contribution >= 0.6 is 10.7 Å². The first kappa shape index (κ1) is 14.8.